The number of ketones is 1. The van der Waals surface area contributed by atoms with Gasteiger partial charge in [0.25, 0.3) is 5.56 Å². The van der Waals surface area contributed by atoms with Crippen molar-refractivity contribution in [1.29, 1.82) is 0 Å². The number of aromatic nitrogens is 4. The van der Waals surface area contributed by atoms with E-state index < -0.39 is 17.4 Å². The lowest BCUT2D eigenvalue weighted by Gasteiger charge is -2.12. The van der Waals surface area contributed by atoms with Crippen LogP contribution in [0.3, 0.4) is 0 Å². The van der Waals surface area contributed by atoms with E-state index in [1.807, 2.05) is 0 Å². The van der Waals surface area contributed by atoms with Gasteiger partial charge in [0.05, 0.1) is 64.0 Å². The van der Waals surface area contributed by atoms with Gasteiger partial charge in [0.15, 0.2) is 16.9 Å². The van der Waals surface area contributed by atoms with Crippen molar-refractivity contribution in [3.8, 4) is 0 Å². The second-order valence-electron chi connectivity index (χ2n) is 10.1. The fourth-order valence-electron chi connectivity index (χ4n) is 4.21. The number of rotatable bonds is 23. The van der Waals surface area contributed by atoms with Gasteiger partial charge in [0.2, 0.25) is 11.9 Å². The number of nitrogens with two attached hydrogens (primary N) is 1. The molecule has 1 atom stereocenters. The number of ether oxygens (including phenoxy) is 3. The molecule has 6 N–H and O–H groups in total. The number of aliphatic carboxylic acids is 1. The van der Waals surface area contributed by atoms with E-state index in [1.54, 1.807) is 24.3 Å². The van der Waals surface area contributed by atoms with Crippen molar-refractivity contribution in [2.24, 2.45) is 11.0 Å². The first-order valence-electron chi connectivity index (χ1n) is 14.9. The van der Waals surface area contributed by atoms with Gasteiger partial charge in [-0.1, -0.05) is 5.11 Å². The molecule has 0 saturated heterocycles. The first kappa shape index (κ1) is 36.3. The average molecular weight is 655 g/mol. The number of H-pyrrole nitrogens is 1. The molecular formula is C29H38N10O8. The standard InChI is InChI=1S/C29H38N10O8/c30-29-37-26-25(27(42)38-29)36-22(18-34-26)17-33-21-5-1-19(2-6-21)23(40)7-3-20(28(43)44)4-8-24(41)32-9-11-45-13-15-47-16-14-46-12-10-35-39-31/h1-2,5-6,18,20,33H,3-4,7-17H2,(H,32,41)(H,43,44)(H3,30,34,37,38,42)/t20-/m0/s1. The molecule has 0 aliphatic rings. The minimum absolute atomic E-state index is 0.00878. The number of amides is 1. The summed E-state index contributed by atoms with van der Waals surface area (Å²) in [5.41, 5.74) is 15.0. The van der Waals surface area contributed by atoms with Crippen molar-refractivity contribution in [3.05, 3.63) is 62.5 Å². The number of hydrogen-bond donors (Lipinski definition) is 5. The quantitative estimate of drug-likeness (QED) is 0.0321. The molecule has 1 aromatic carbocycles. The number of nitrogens with zero attached hydrogens (tertiary/aromatic N) is 6. The van der Waals surface area contributed by atoms with Crippen LogP contribution in [0.5, 0.6) is 0 Å². The molecule has 2 heterocycles. The van der Waals surface area contributed by atoms with Crippen LogP contribution in [0.25, 0.3) is 21.6 Å². The Balaban J connectivity index is 1.29. The van der Waals surface area contributed by atoms with Crippen molar-refractivity contribution >= 4 is 40.5 Å². The number of nitrogen functional groups attached to an aromatic ring is 1. The molecule has 0 radical (unpaired) electrons. The van der Waals surface area contributed by atoms with Crippen LogP contribution >= 0.6 is 0 Å². The van der Waals surface area contributed by atoms with Crippen LogP contribution in [0.4, 0.5) is 11.6 Å². The van der Waals surface area contributed by atoms with E-state index in [0.29, 0.717) is 50.0 Å². The average Bonchev–Trinajstić information content (AvgIpc) is 3.06. The predicted molar refractivity (Wildman–Crippen MR) is 170 cm³/mol. The molecule has 18 nitrogen and oxygen atoms in total. The predicted octanol–water partition coefficient (Wildman–Crippen LogP) is 1.83. The fraction of sp³-hybridized carbons (Fsp3) is 0.483. The smallest absolute Gasteiger partial charge is 0.306 e. The maximum atomic E-state index is 12.7. The summed E-state index contributed by atoms with van der Waals surface area (Å²) >= 11 is 0. The Morgan fingerprint density at radius 3 is 2.38 bits per heavy atom. The zero-order valence-corrected chi connectivity index (χ0v) is 25.7. The number of nitrogens with one attached hydrogen (secondary N) is 3. The molecule has 3 aromatic rings. The number of carbonyl (C=O) groups is 3. The van der Waals surface area contributed by atoms with E-state index in [2.05, 4.69) is 40.6 Å². The van der Waals surface area contributed by atoms with Gasteiger partial charge in [-0.3, -0.25) is 24.2 Å². The van der Waals surface area contributed by atoms with Crippen LogP contribution in [0.2, 0.25) is 0 Å². The normalized spacial score (nSPS) is 11.5. The van der Waals surface area contributed by atoms with Crippen LogP contribution in [-0.4, -0.2) is 95.4 Å². The lowest BCUT2D eigenvalue weighted by molar-refractivity contribution is -0.142. The third-order valence-electron chi connectivity index (χ3n) is 6.67. The maximum absolute atomic E-state index is 12.7. The van der Waals surface area contributed by atoms with Crippen molar-refractivity contribution in [2.45, 2.75) is 32.2 Å². The fourth-order valence-corrected chi connectivity index (χ4v) is 4.21. The molecule has 0 unspecified atom stereocenters. The summed E-state index contributed by atoms with van der Waals surface area (Å²) in [6.45, 7) is 2.84. The molecule has 252 valence electrons. The highest BCUT2D eigenvalue weighted by atomic mass is 16.5. The molecule has 2 aromatic heterocycles. The number of Topliss-reactive ketones (excluding diaryl/α,β-unsaturated/α-hetero) is 1. The highest BCUT2D eigenvalue weighted by Gasteiger charge is 2.20. The minimum Gasteiger partial charge on any atom is -0.481 e. The van der Waals surface area contributed by atoms with Crippen molar-refractivity contribution in [3.63, 3.8) is 0 Å². The number of aromatic amines is 1. The number of carboxylic acids is 1. The second-order valence-corrected chi connectivity index (χ2v) is 10.1. The van der Waals surface area contributed by atoms with Crippen molar-refractivity contribution < 1.29 is 33.7 Å². The Morgan fingerprint density at radius 1 is 1.00 bits per heavy atom. The Bertz CT molecular complexity index is 1580. The molecule has 0 spiro atoms. The van der Waals surface area contributed by atoms with Gasteiger partial charge in [-0.2, -0.15) is 4.98 Å². The molecule has 47 heavy (non-hydrogen) atoms. The molecule has 1 amide bonds. The number of anilines is 2. The summed E-state index contributed by atoms with van der Waals surface area (Å²) < 4.78 is 15.9. The van der Waals surface area contributed by atoms with Crippen LogP contribution in [-0.2, 0) is 30.3 Å². The molecule has 0 saturated carbocycles. The third kappa shape index (κ3) is 13.4. The highest BCUT2D eigenvalue weighted by Crippen LogP contribution is 2.18. The summed E-state index contributed by atoms with van der Waals surface area (Å²) in [7, 11) is 0. The van der Waals surface area contributed by atoms with Crippen LogP contribution in [0, 0.1) is 5.92 Å². The lowest BCUT2D eigenvalue weighted by Crippen LogP contribution is -2.28. The summed E-state index contributed by atoms with van der Waals surface area (Å²) in [5, 5.41) is 18.8. The Morgan fingerprint density at radius 2 is 1.68 bits per heavy atom. The SMILES string of the molecule is [N-]=[N+]=NCCOCCOCCOCCNC(=O)CC[C@H](CCC(=O)c1ccc(NCc2cnc3nc(N)[nH]c(=O)c3n2)cc1)C(=O)O. The number of carboxylic acid groups (broad SMARTS) is 1. The Hall–Kier alpha value is -5.16. The zero-order chi connectivity index (χ0) is 33.9. The maximum Gasteiger partial charge on any atom is 0.306 e. The minimum atomic E-state index is -1.06. The van der Waals surface area contributed by atoms with Crippen LogP contribution in [0.1, 0.15) is 41.7 Å². The third-order valence-corrected chi connectivity index (χ3v) is 6.67. The summed E-state index contributed by atoms with van der Waals surface area (Å²) in [6, 6.07) is 6.69. The van der Waals surface area contributed by atoms with Gasteiger partial charge >= 0.3 is 5.97 Å². The van der Waals surface area contributed by atoms with E-state index in [0.717, 1.165) is 0 Å². The first-order chi connectivity index (χ1) is 22.8. The van der Waals surface area contributed by atoms with Gasteiger partial charge in [0.1, 0.15) is 0 Å². The van der Waals surface area contributed by atoms with Crippen molar-refractivity contribution in [1.82, 2.24) is 25.3 Å². The molecule has 0 aliphatic carbocycles. The van der Waals surface area contributed by atoms with Gasteiger partial charge in [-0.05, 0) is 42.6 Å². The second kappa shape index (κ2) is 20.1. The van der Waals surface area contributed by atoms with Gasteiger partial charge in [-0.25, -0.2) is 9.97 Å². The van der Waals surface area contributed by atoms with Crippen molar-refractivity contribution in [2.75, 3.05) is 63.8 Å². The summed E-state index contributed by atoms with van der Waals surface area (Å²) in [5.74, 6) is -2.46. The first-order valence-corrected chi connectivity index (χ1v) is 14.9. The number of fused-ring (bicyclic) bond motifs is 1. The molecular weight excluding hydrogens is 616 g/mol. The molecule has 0 aliphatic heterocycles. The van der Waals surface area contributed by atoms with Crippen LogP contribution in [0.15, 0.2) is 40.4 Å². The monoisotopic (exact) mass is 654 g/mol. The number of carbonyl (C=O) groups excluding carboxylic acids is 2. The van der Waals surface area contributed by atoms with Gasteiger partial charge < -0.3 is 35.7 Å². The van der Waals surface area contributed by atoms with E-state index in [4.69, 9.17) is 25.5 Å². The molecule has 0 bridgehead atoms. The Labute approximate surface area is 269 Å². The number of hydrogen-bond acceptors (Lipinski definition) is 13. The topological polar surface area (TPSA) is 270 Å². The molecule has 3 rings (SSSR count). The van der Waals surface area contributed by atoms with E-state index in [9.17, 15) is 24.3 Å². The lowest BCUT2D eigenvalue weighted by atomic mass is 9.94. The van der Waals surface area contributed by atoms with E-state index >= 15 is 0 Å². The van der Waals surface area contributed by atoms with E-state index in [-0.39, 0.29) is 80.7 Å². The summed E-state index contributed by atoms with van der Waals surface area (Å²) in [6.07, 6.45) is 1.71. The number of azide groups is 1. The molecule has 0 fully saturated rings. The summed E-state index contributed by atoms with van der Waals surface area (Å²) in [4.78, 5) is 66.0. The van der Waals surface area contributed by atoms with Crippen LogP contribution < -0.4 is 21.9 Å². The Kier molecular flexibility index (Phi) is 15.5. The number of benzene rings is 1. The van der Waals surface area contributed by atoms with Gasteiger partial charge in [0, 0.05) is 42.1 Å². The highest BCUT2D eigenvalue weighted by molar-refractivity contribution is 5.96. The zero-order valence-electron chi connectivity index (χ0n) is 25.7. The van der Waals surface area contributed by atoms with Gasteiger partial charge in [-0.15, -0.1) is 0 Å². The van der Waals surface area contributed by atoms with E-state index in [1.165, 1.54) is 6.20 Å². The largest absolute Gasteiger partial charge is 0.481 e. The molecule has 18 heteroatoms.